The molecule has 2 heterocycles. The number of rotatable bonds is 4. The van der Waals surface area contributed by atoms with Gasteiger partial charge in [0.05, 0.1) is 11.1 Å². The second kappa shape index (κ2) is 7.62. The highest BCUT2D eigenvalue weighted by Gasteiger charge is 2.27. The zero-order valence-electron chi connectivity index (χ0n) is 14.3. The Labute approximate surface area is 169 Å². The van der Waals surface area contributed by atoms with Crippen LogP contribution in [-0.4, -0.2) is 16.8 Å². The summed E-state index contributed by atoms with van der Waals surface area (Å²) in [5.41, 5.74) is 2.81. The zero-order valence-corrected chi connectivity index (χ0v) is 16.7. The molecular formula is C20H16BrN3O2S. The molecule has 0 atom stereocenters. The number of nitrogens with zero attached hydrogens (tertiary/aromatic N) is 1. The lowest BCUT2D eigenvalue weighted by molar-refractivity contribution is 0.102. The van der Waals surface area contributed by atoms with Gasteiger partial charge in [-0.2, -0.15) is 0 Å². The van der Waals surface area contributed by atoms with Crippen LogP contribution in [0, 0.1) is 0 Å². The maximum absolute atomic E-state index is 13.0. The Balaban J connectivity index is 1.62. The highest BCUT2D eigenvalue weighted by Crippen LogP contribution is 2.39. The van der Waals surface area contributed by atoms with Gasteiger partial charge in [-0.25, -0.2) is 0 Å². The van der Waals surface area contributed by atoms with E-state index in [1.807, 2.05) is 24.3 Å². The van der Waals surface area contributed by atoms with E-state index < -0.39 is 0 Å². The van der Waals surface area contributed by atoms with Gasteiger partial charge in [-0.1, -0.05) is 15.9 Å². The van der Waals surface area contributed by atoms with Crippen LogP contribution in [0.15, 0.2) is 53.3 Å². The number of fused-ring (bicyclic) bond motifs is 1. The molecule has 0 unspecified atom stereocenters. The van der Waals surface area contributed by atoms with Gasteiger partial charge in [-0.3, -0.25) is 14.6 Å². The van der Waals surface area contributed by atoms with Crippen molar-refractivity contribution in [2.24, 2.45) is 0 Å². The smallest absolute Gasteiger partial charge is 0.258 e. The molecule has 136 valence electrons. The first kappa shape index (κ1) is 17.9. The number of nitrogens with one attached hydrogen (secondary N) is 2. The Morgan fingerprint density at radius 1 is 1.04 bits per heavy atom. The third kappa shape index (κ3) is 3.79. The summed E-state index contributed by atoms with van der Waals surface area (Å²) in [7, 11) is 0. The van der Waals surface area contributed by atoms with Crippen LogP contribution >= 0.6 is 27.3 Å². The number of amides is 2. The van der Waals surface area contributed by atoms with E-state index in [1.54, 1.807) is 18.3 Å². The van der Waals surface area contributed by atoms with Crippen molar-refractivity contribution in [3.63, 3.8) is 0 Å². The summed E-state index contributed by atoms with van der Waals surface area (Å²) in [4.78, 5) is 30.7. The Morgan fingerprint density at radius 3 is 2.59 bits per heavy atom. The lowest BCUT2D eigenvalue weighted by Crippen LogP contribution is -2.18. The molecule has 7 heteroatoms. The maximum atomic E-state index is 13.0. The van der Waals surface area contributed by atoms with Crippen molar-refractivity contribution in [1.82, 2.24) is 4.98 Å². The molecule has 2 aromatic heterocycles. The summed E-state index contributed by atoms with van der Waals surface area (Å²) in [6.45, 7) is 0. The van der Waals surface area contributed by atoms with Gasteiger partial charge in [0.15, 0.2) is 0 Å². The average Bonchev–Trinajstić information content (AvgIpc) is 3.25. The zero-order chi connectivity index (χ0) is 18.8. The van der Waals surface area contributed by atoms with E-state index >= 15 is 0 Å². The van der Waals surface area contributed by atoms with Crippen molar-refractivity contribution in [1.29, 1.82) is 0 Å². The number of benzene rings is 1. The van der Waals surface area contributed by atoms with Crippen LogP contribution < -0.4 is 10.6 Å². The van der Waals surface area contributed by atoms with Crippen LogP contribution in [0.3, 0.4) is 0 Å². The first-order valence-electron chi connectivity index (χ1n) is 8.54. The summed E-state index contributed by atoms with van der Waals surface area (Å²) in [6, 6.07) is 10.8. The number of hydrogen-bond donors (Lipinski definition) is 2. The number of carbonyl (C=O) groups excluding carboxylic acids is 2. The Bertz CT molecular complexity index is 1000. The number of aromatic nitrogens is 1. The Kier molecular flexibility index (Phi) is 5.05. The minimum absolute atomic E-state index is 0.196. The number of anilines is 2. The van der Waals surface area contributed by atoms with Gasteiger partial charge >= 0.3 is 0 Å². The van der Waals surface area contributed by atoms with Crippen molar-refractivity contribution in [2.45, 2.75) is 19.3 Å². The Hall–Kier alpha value is -2.51. The fourth-order valence-corrected chi connectivity index (χ4v) is 4.68. The topological polar surface area (TPSA) is 71.1 Å². The van der Waals surface area contributed by atoms with Gasteiger partial charge in [0, 0.05) is 27.4 Å². The van der Waals surface area contributed by atoms with Gasteiger partial charge in [-0.15, -0.1) is 11.3 Å². The fraction of sp³-hybridized carbons (Fsp3) is 0.150. The van der Waals surface area contributed by atoms with Crippen LogP contribution in [0.4, 0.5) is 10.7 Å². The predicted octanol–water partition coefficient (Wildman–Crippen LogP) is 4.90. The summed E-state index contributed by atoms with van der Waals surface area (Å²) in [6.07, 6.45) is 5.97. The van der Waals surface area contributed by atoms with E-state index in [0.717, 1.165) is 29.3 Å². The predicted molar refractivity (Wildman–Crippen MR) is 111 cm³/mol. The molecule has 0 radical (unpaired) electrons. The molecule has 0 fully saturated rings. The number of hydrogen-bond acceptors (Lipinski definition) is 4. The van der Waals surface area contributed by atoms with E-state index in [1.165, 1.54) is 22.4 Å². The molecule has 27 heavy (non-hydrogen) atoms. The molecule has 0 saturated carbocycles. The van der Waals surface area contributed by atoms with Gasteiger partial charge < -0.3 is 10.6 Å². The molecule has 1 aliphatic carbocycles. The van der Waals surface area contributed by atoms with Crippen LogP contribution in [0.2, 0.25) is 0 Å². The highest BCUT2D eigenvalue weighted by molar-refractivity contribution is 9.10. The molecular weight excluding hydrogens is 426 g/mol. The molecule has 2 N–H and O–H groups in total. The van der Waals surface area contributed by atoms with Crippen molar-refractivity contribution in [3.8, 4) is 0 Å². The molecule has 5 nitrogen and oxygen atoms in total. The van der Waals surface area contributed by atoms with E-state index in [-0.39, 0.29) is 11.8 Å². The summed E-state index contributed by atoms with van der Waals surface area (Å²) >= 11 is 4.88. The van der Waals surface area contributed by atoms with Crippen LogP contribution in [0.5, 0.6) is 0 Å². The van der Waals surface area contributed by atoms with E-state index in [4.69, 9.17) is 0 Å². The van der Waals surface area contributed by atoms with Crippen molar-refractivity contribution in [3.05, 3.63) is 74.8 Å². The molecule has 0 spiro atoms. The largest absolute Gasteiger partial charge is 0.322 e. The van der Waals surface area contributed by atoms with Crippen LogP contribution in [0.25, 0.3) is 0 Å². The number of halogens is 1. The number of carbonyl (C=O) groups is 2. The summed E-state index contributed by atoms with van der Waals surface area (Å²) in [5.74, 6) is -0.459. The second-order valence-electron chi connectivity index (χ2n) is 6.22. The normalized spacial score (nSPS) is 12.5. The summed E-state index contributed by atoms with van der Waals surface area (Å²) < 4.78 is 0.946. The molecule has 3 aromatic rings. The molecule has 0 saturated heterocycles. The van der Waals surface area contributed by atoms with E-state index in [9.17, 15) is 9.59 Å². The minimum atomic E-state index is -0.263. The standard InChI is InChI=1S/C20H16BrN3O2S/c21-13-6-8-14(9-7-13)23-19(26)17-15-4-1-5-16(15)27-20(17)24-18(25)12-3-2-10-22-11-12/h2-3,6-11H,1,4-5H2,(H,23,26)(H,24,25). The van der Waals surface area contributed by atoms with Crippen LogP contribution in [-0.2, 0) is 12.8 Å². The maximum Gasteiger partial charge on any atom is 0.258 e. The van der Waals surface area contributed by atoms with Gasteiger partial charge in [0.1, 0.15) is 5.00 Å². The van der Waals surface area contributed by atoms with E-state index in [0.29, 0.717) is 21.8 Å². The lowest BCUT2D eigenvalue weighted by Gasteiger charge is -2.10. The van der Waals surface area contributed by atoms with Gasteiger partial charge in [0.2, 0.25) is 0 Å². The second-order valence-corrected chi connectivity index (χ2v) is 8.24. The molecule has 4 rings (SSSR count). The molecule has 2 amide bonds. The number of aryl methyl sites for hydroxylation is 1. The third-order valence-electron chi connectivity index (χ3n) is 4.40. The Morgan fingerprint density at radius 2 is 1.85 bits per heavy atom. The van der Waals surface area contributed by atoms with Crippen molar-refractivity contribution in [2.75, 3.05) is 10.6 Å². The monoisotopic (exact) mass is 441 g/mol. The van der Waals surface area contributed by atoms with Gasteiger partial charge in [-0.05, 0) is 61.2 Å². The SMILES string of the molecule is O=C(Nc1sc2c(c1C(=O)Nc1ccc(Br)cc1)CCC2)c1cccnc1. The fourth-order valence-electron chi connectivity index (χ4n) is 3.13. The van der Waals surface area contributed by atoms with Crippen LogP contribution in [0.1, 0.15) is 37.6 Å². The quantitative estimate of drug-likeness (QED) is 0.604. The molecule has 0 aliphatic heterocycles. The highest BCUT2D eigenvalue weighted by atomic mass is 79.9. The molecule has 0 bridgehead atoms. The number of pyridine rings is 1. The lowest BCUT2D eigenvalue weighted by atomic mass is 10.1. The first-order valence-corrected chi connectivity index (χ1v) is 10.2. The first-order chi connectivity index (χ1) is 13.1. The third-order valence-corrected chi connectivity index (χ3v) is 6.14. The van der Waals surface area contributed by atoms with Gasteiger partial charge in [0.25, 0.3) is 11.8 Å². The van der Waals surface area contributed by atoms with E-state index in [2.05, 4.69) is 31.5 Å². The van der Waals surface area contributed by atoms with Crippen molar-refractivity contribution >= 4 is 49.8 Å². The average molecular weight is 442 g/mol. The van der Waals surface area contributed by atoms with Crippen molar-refractivity contribution < 1.29 is 9.59 Å². The minimum Gasteiger partial charge on any atom is -0.322 e. The molecule has 1 aromatic carbocycles. The number of thiophene rings is 1. The summed E-state index contributed by atoms with van der Waals surface area (Å²) in [5, 5.41) is 6.44. The molecule has 1 aliphatic rings.